The summed E-state index contributed by atoms with van der Waals surface area (Å²) >= 11 is 1.63. The molecule has 11 heavy (non-hydrogen) atoms. The minimum absolute atomic E-state index is 0.0608. The van der Waals surface area contributed by atoms with Crippen molar-refractivity contribution in [2.24, 2.45) is 0 Å². The molecule has 0 fully saturated rings. The third-order valence-corrected chi connectivity index (χ3v) is 2.25. The molecular weight excluding hydrogens is 160 g/mol. The van der Waals surface area contributed by atoms with Crippen molar-refractivity contribution >= 4 is 11.3 Å². The van der Waals surface area contributed by atoms with E-state index < -0.39 is 6.10 Å². The lowest BCUT2D eigenvalue weighted by atomic mass is 10.1. The summed E-state index contributed by atoms with van der Waals surface area (Å²) in [5.74, 6) is 0. The monoisotopic (exact) mass is 172 g/mol. The van der Waals surface area contributed by atoms with Crippen molar-refractivity contribution in [1.82, 2.24) is 0 Å². The largest absolute Gasteiger partial charge is 0.396 e. The van der Waals surface area contributed by atoms with E-state index in [-0.39, 0.29) is 6.61 Å². The molecule has 0 bridgehead atoms. The highest BCUT2D eigenvalue weighted by atomic mass is 32.1. The molecule has 1 heterocycles. The minimum atomic E-state index is -0.394. The van der Waals surface area contributed by atoms with Crippen LogP contribution in [0.2, 0.25) is 0 Å². The van der Waals surface area contributed by atoms with Gasteiger partial charge in [-0.25, -0.2) is 0 Å². The predicted octanol–water partition coefficient (Wildman–Crippen LogP) is 1.03. The van der Waals surface area contributed by atoms with E-state index in [1.165, 1.54) is 0 Å². The van der Waals surface area contributed by atoms with Crippen molar-refractivity contribution in [3.05, 3.63) is 22.4 Å². The van der Waals surface area contributed by atoms with Crippen LogP contribution in [0, 0.1) is 0 Å². The van der Waals surface area contributed by atoms with Crippen LogP contribution in [-0.2, 0) is 6.42 Å². The normalized spacial score (nSPS) is 13.3. The minimum Gasteiger partial charge on any atom is -0.396 e. The van der Waals surface area contributed by atoms with E-state index >= 15 is 0 Å². The quantitative estimate of drug-likeness (QED) is 0.712. The van der Waals surface area contributed by atoms with Gasteiger partial charge in [-0.2, -0.15) is 11.3 Å². The van der Waals surface area contributed by atoms with Gasteiger partial charge in [-0.3, -0.25) is 0 Å². The zero-order valence-electron chi connectivity index (χ0n) is 6.23. The van der Waals surface area contributed by atoms with Gasteiger partial charge in [0.2, 0.25) is 0 Å². The maximum absolute atomic E-state index is 9.27. The van der Waals surface area contributed by atoms with Gasteiger partial charge in [0.05, 0.1) is 6.10 Å². The second-order valence-corrected chi connectivity index (χ2v) is 3.28. The van der Waals surface area contributed by atoms with E-state index in [4.69, 9.17) is 5.11 Å². The maximum Gasteiger partial charge on any atom is 0.0602 e. The summed E-state index contributed by atoms with van der Waals surface area (Å²) < 4.78 is 0. The first-order chi connectivity index (χ1) is 5.33. The number of rotatable bonds is 4. The van der Waals surface area contributed by atoms with Crippen molar-refractivity contribution in [2.75, 3.05) is 6.61 Å². The number of hydrogen-bond donors (Lipinski definition) is 2. The van der Waals surface area contributed by atoms with E-state index in [9.17, 15) is 5.11 Å². The van der Waals surface area contributed by atoms with Crippen LogP contribution in [0.15, 0.2) is 16.8 Å². The van der Waals surface area contributed by atoms with Crippen LogP contribution in [0.25, 0.3) is 0 Å². The summed E-state index contributed by atoms with van der Waals surface area (Å²) in [6.07, 6.45) is 0.731. The molecular formula is C8H12O2S. The fourth-order valence-corrected chi connectivity index (χ4v) is 1.61. The van der Waals surface area contributed by atoms with Crippen LogP contribution >= 0.6 is 11.3 Å². The third kappa shape index (κ3) is 3.01. The third-order valence-electron chi connectivity index (χ3n) is 1.51. The Hall–Kier alpha value is -0.380. The predicted molar refractivity (Wildman–Crippen MR) is 45.7 cm³/mol. The van der Waals surface area contributed by atoms with Crippen LogP contribution in [0.4, 0.5) is 0 Å². The fourth-order valence-electron chi connectivity index (χ4n) is 0.932. The standard InChI is InChI=1S/C8H12O2S/c9-3-1-8(10)5-7-2-4-11-6-7/h2,4,6,8-10H,1,3,5H2/t8-/m0/s1. The number of thiophene rings is 1. The van der Waals surface area contributed by atoms with Gasteiger partial charge in [0.15, 0.2) is 0 Å². The first-order valence-electron chi connectivity index (χ1n) is 3.63. The van der Waals surface area contributed by atoms with Crippen LogP contribution in [0.5, 0.6) is 0 Å². The van der Waals surface area contributed by atoms with Crippen LogP contribution in [0.3, 0.4) is 0 Å². The highest BCUT2D eigenvalue weighted by Crippen LogP contribution is 2.09. The molecule has 1 rings (SSSR count). The molecule has 1 atom stereocenters. The highest BCUT2D eigenvalue weighted by molar-refractivity contribution is 7.07. The Bertz CT molecular complexity index is 184. The van der Waals surface area contributed by atoms with Gasteiger partial charge in [-0.1, -0.05) is 0 Å². The summed E-state index contributed by atoms with van der Waals surface area (Å²) in [5.41, 5.74) is 1.15. The van der Waals surface area contributed by atoms with E-state index in [0.29, 0.717) is 12.8 Å². The highest BCUT2D eigenvalue weighted by Gasteiger charge is 2.03. The van der Waals surface area contributed by atoms with E-state index in [1.807, 2.05) is 16.8 Å². The Morgan fingerprint density at radius 2 is 2.36 bits per heavy atom. The molecule has 0 amide bonds. The van der Waals surface area contributed by atoms with Crippen molar-refractivity contribution in [3.63, 3.8) is 0 Å². The second kappa shape index (κ2) is 4.49. The Labute approximate surface area is 70.1 Å². The lowest BCUT2D eigenvalue weighted by Crippen LogP contribution is -2.11. The summed E-state index contributed by atoms with van der Waals surface area (Å²) in [6.45, 7) is 0.0608. The topological polar surface area (TPSA) is 40.5 Å². The average molecular weight is 172 g/mol. The van der Waals surface area contributed by atoms with Crippen molar-refractivity contribution in [1.29, 1.82) is 0 Å². The fraction of sp³-hybridized carbons (Fsp3) is 0.500. The number of aliphatic hydroxyl groups excluding tert-OH is 2. The molecule has 1 aromatic rings. The maximum atomic E-state index is 9.27. The lowest BCUT2D eigenvalue weighted by Gasteiger charge is -2.05. The summed E-state index contributed by atoms with van der Waals surface area (Å²) in [4.78, 5) is 0. The molecule has 0 aliphatic rings. The van der Waals surface area contributed by atoms with E-state index in [1.54, 1.807) is 11.3 Å². The molecule has 62 valence electrons. The Balaban J connectivity index is 2.31. The van der Waals surface area contributed by atoms with Gasteiger partial charge in [0.1, 0.15) is 0 Å². The van der Waals surface area contributed by atoms with Gasteiger partial charge >= 0.3 is 0 Å². The van der Waals surface area contributed by atoms with Crippen LogP contribution < -0.4 is 0 Å². The van der Waals surface area contributed by atoms with Gasteiger partial charge in [0, 0.05) is 6.61 Å². The van der Waals surface area contributed by atoms with Crippen molar-refractivity contribution in [2.45, 2.75) is 18.9 Å². The summed E-state index contributed by atoms with van der Waals surface area (Å²) in [6, 6.07) is 1.99. The average Bonchev–Trinajstić information content (AvgIpc) is 2.40. The molecule has 0 aromatic carbocycles. The van der Waals surface area contributed by atoms with E-state index in [0.717, 1.165) is 5.56 Å². The molecule has 3 heteroatoms. The van der Waals surface area contributed by atoms with Crippen LogP contribution in [0.1, 0.15) is 12.0 Å². The van der Waals surface area contributed by atoms with Gasteiger partial charge < -0.3 is 10.2 Å². The summed E-state index contributed by atoms with van der Waals surface area (Å²) in [7, 11) is 0. The first-order valence-corrected chi connectivity index (χ1v) is 4.57. The summed E-state index contributed by atoms with van der Waals surface area (Å²) in [5, 5.41) is 21.8. The molecule has 0 unspecified atom stereocenters. The van der Waals surface area contributed by atoms with Gasteiger partial charge in [-0.15, -0.1) is 0 Å². The van der Waals surface area contributed by atoms with E-state index in [2.05, 4.69) is 0 Å². The Kier molecular flexibility index (Phi) is 3.56. The molecule has 0 aliphatic carbocycles. The zero-order chi connectivity index (χ0) is 8.10. The van der Waals surface area contributed by atoms with Crippen molar-refractivity contribution in [3.8, 4) is 0 Å². The SMILES string of the molecule is OCC[C@H](O)Cc1ccsc1. The molecule has 0 aliphatic heterocycles. The molecule has 0 radical (unpaired) electrons. The number of hydrogen-bond acceptors (Lipinski definition) is 3. The molecule has 2 nitrogen and oxygen atoms in total. The van der Waals surface area contributed by atoms with Gasteiger partial charge in [0.25, 0.3) is 0 Å². The Morgan fingerprint density at radius 3 is 2.91 bits per heavy atom. The Morgan fingerprint density at radius 1 is 1.55 bits per heavy atom. The van der Waals surface area contributed by atoms with Crippen LogP contribution in [-0.4, -0.2) is 22.9 Å². The molecule has 0 saturated carbocycles. The molecule has 0 spiro atoms. The zero-order valence-corrected chi connectivity index (χ0v) is 7.05. The smallest absolute Gasteiger partial charge is 0.0602 e. The first kappa shape index (κ1) is 8.71. The molecule has 2 N–H and O–H groups in total. The number of aliphatic hydroxyl groups is 2. The van der Waals surface area contributed by atoms with Crippen molar-refractivity contribution < 1.29 is 10.2 Å². The lowest BCUT2D eigenvalue weighted by molar-refractivity contribution is 0.133. The molecule has 0 saturated heterocycles. The second-order valence-electron chi connectivity index (χ2n) is 2.50. The van der Waals surface area contributed by atoms with Gasteiger partial charge in [-0.05, 0) is 35.2 Å². The molecule has 1 aromatic heterocycles.